The van der Waals surface area contributed by atoms with Crippen LogP contribution >= 0.6 is 0 Å². The van der Waals surface area contributed by atoms with E-state index in [9.17, 15) is 4.79 Å². The van der Waals surface area contributed by atoms with Crippen molar-refractivity contribution in [3.63, 3.8) is 0 Å². The number of benzene rings is 3. The van der Waals surface area contributed by atoms with Crippen LogP contribution in [0.1, 0.15) is 33.1 Å². The predicted octanol–water partition coefficient (Wildman–Crippen LogP) is 4.51. The molecule has 1 amide bonds. The Morgan fingerprint density at radius 3 is 2.04 bits per heavy atom. The van der Waals surface area contributed by atoms with Gasteiger partial charge in [-0.25, -0.2) is 0 Å². The lowest BCUT2D eigenvalue weighted by Gasteiger charge is -2.20. The molecular weight excluding hydrogens is 282 g/mol. The summed E-state index contributed by atoms with van der Waals surface area (Å²) in [6, 6.07) is 27.4. The molecule has 0 aliphatic heterocycles. The number of amides is 1. The van der Waals surface area contributed by atoms with Crippen molar-refractivity contribution in [2.45, 2.75) is 13.0 Å². The fourth-order valence-corrected chi connectivity index (χ4v) is 2.66. The van der Waals surface area contributed by atoms with Gasteiger partial charge in [0.2, 0.25) is 0 Å². The van der Waals surface area contributed by atoms with Crippen LogP contribution in [-0.4, -0.2) is 5.91 Å². The molecule has 23 heavy (non-hydrogen) atoms. The molecule has 0 fully saturated rings. The van der Waals surface area contributed by atoms with Gasteiger partial charge < -0.3 is 5.32 Å². The van der Waals surface area contributed by atoms with Crippen molar-refractivity contribution in [3.05, 3.63) is 107 Å². The molecular formula is C21H19NO. The van der Waals surface area contributed by atoms with E-state index in [1.54, 1.807) is 0 Å². The quantitative estimate of drug-likeness (QED) is 0.754. The van der Waals surface area contributed by atoms with Crippen LogP contribution in [0.2, 0.25) is 0 Å². The molecule has 3 rings (SSSR count). The van der Waals surface area contributed by atoms with Crippen LogP contribution in [0.4, 0.5) is 0 Å². The van der Waals surface area contributed by atoms with Crippen LogP contribution in [0.3, 0.4) is 0 Å². The Labute approximate surface area is 136 Å². The molecule has 0 aliphatic rings. The van der Waals surface area contributed by atoms with E-state index in [1.807, 2.05) is 66.7 Å². The summed E-state index contributed by atoms with van der Waals surface area (Å²) in [6.45, 7) is 2.06. The maximum absolute atomic E-state index is 12.6. The molecule has 0 bridgehead atoms. The molecule has 0 aromatic heterocycles. The summed E-state index contributed by atoms with van der Waals surface area (Å²) >= 11 is 0. The minimum Gasteiger partial charge on any atom is -0.341 e. The molecule has 0 saturated heterocycles. The van der Waals surface area contributed by atoms with Gasteiger partial charge in [-0.1, -0.05) is 78.4 Å². The summed E-state index contributed by atoms with van der Waals surface area (Å²) in [5.74, 6) is -0.0686. The molecule has 0 radical (unpaired) electrons. The highest BCUT2D eigenvalue weighted by Crippen LogP contribution is 2.23. The summed E-state index contributed by atoms with van der Waals surface area (Å²) in [7, 11) is 0. The van der Waals surface area contributed by atoms with Crippen molar-refractivity contribution in [3.8, 4) is 0 Å². The lowest BCUT2D eigenvalue weighted by molar-refractivity contribution is 0.0943. The number of hydrogen-bond acceptors (Lipinski definition) is 1. The van der Waals surface area contributed by atoms with Crippen molar-refractivity contribution < 1.29 is 4.79 Å². The average molecular weight is 301 g/mol. The Balaban J connectivity index is 1.94. The monoisotopic (exact) mass is 301 g/mol. The van der Waals surface area contributed by atoms with Crippen molar-refractivity contribution in [2.75, 3.05) is 0 Å². The van der Waals surface area contributed by atoms with Gasteiger partial charge in [0.05, 0.1) is 6.04 Å². The van der Waals surface area contributed by atoms with E-state index in [4.69, 9.17) is 0 Å². The van der Waals surface area contributed by atoms with Crippen molar-refractivity contribution in [1.82, 2.24) is 5.32 Å². The Morgan fingerprint density at radius 1 is 0.783 bits per heavy atom. The van der Waals surface area contributed by atoms with Crippen LogP contribution in [0.15, 0.2) is 84.9 Å². The highest BCUT2D eigenvalue weighted by Gasteiger charge is 2.17. The lowest BCUT2D eigenvalue weighted by atomic mass is 9.97. The van der Waals surface area contributed by atoms with Crippen molar-refractivity contribution >= 4 is 5.91 Å². The van der Waals surface area contributed by atoms with Crippen LogP contribution in [-0.2, 0) is 0 Å². The molecule has 0 aliphatic carbocycles. The average Bonchev–Trinajstić information content (AvgIpc) is 2.61. The topological polar surface area (TPSA) is 29.1 Å². The highest BCUT2D eigenvalue weighted by molar-refractivity contribution is 5.94. The minimum absolute atomic E-state index is 0.0686. The van der Waals surface area contributed by atoms with Gasteiger partial charge in [0.1, 0.15) is 0 Å². The number of hydrogen-bond donors (Lipinski definition) is 1. The fraction of sp³-hybridized carbons (Fsp3) is 0.0952. The minimum atomic E-state index is -0.163. The molecule has 2 heteroatoms. The maximum atomic E-state index is 12.6. The van der Waals surface area contributed by atoms with Crippen LogP contribution in [0.5, 0.6) is 0 Å². The van der Waals surface area contributed by atoms with E-state index in [2.05, 4.69) is 30.4 Å². The van der Waals surface area contributed by atoms with E-state index in [0.717, 1.165) is 11.1 Å². The number of aryl methyl sites for hydroxylation is 1. The Kier molecular flexibility index (Phi) is 4.53. The number of nitrogens with one attached hydrogen (secondary N) is 1. The first-order valence-corrected chi connectivity index (χ1v) is 7.71. The number of carbonyl (C=O) groups is 1. The van der Waals surface area contributed by atoms with E-state index in [1.165, 1.54) is 5.56 Å². The Hall–Kier alpha value is -2.87. The smallest absolute Gasteiger partial charge is 0.252 e. The first-order valence-electron chi connectivity index (χ1n) is 7.71. The standard InChI is InChI=1S/C21H19NO/c1-16-9-8-14-19(15-16)20(17-10-4-2-5-11-17)22-21(23)18-12-6-3-7-13-18/h2-15,20H,1H3,(H,22,23). The first-order chi connectivity index (χ1) is 11.2. The SMILES string of the molecule is Cc1cccc(C(NC(=O)c2ccccc2)c2ccccc2)c1. The van der Waals surface area contributed by atoms with Gasteiger partial charge >= 0.3 is 0 Å². The van der Waals surface area contributed by atoms with Gasteiger partial charge in [-0.15, -0.1) is 0 Å². The van der Waals surface area contributed by atoms with Crippen LogP contribution in [0.25, 0.3) is 0 Å². The molecule has 3 aromatic carbocycles. The van der Waals surface area contributed by atoms with Gasteiger partial charge in [-0.2, -0.15) is 0 Å². The van der Waals surface area contributed by atoms with Crippen LogP contribution in [0, 0.1) is 6.92 Å². The van der Waals surface area contributed by atoms with Crippen molar-refractivity contribution in [2.24, 2.45) is 0 Å². The molecule has 1 unspecified atom stereocenters. The zero-order chi connectivity index (χ0) is 16.1. The molecule has 2 nitrogen and oxygen atoms in total. The molecule has 3 aromatic rings. The molecule has 0 saturated carbocycles. The molecule has 1 atom stereocenters. The second-order valence-electron chi connectivity index (χ2n) is 5.60. The van der Waals surface area contributed by atoms with Crippen molar-refractivity contribution in [1.29, 1.82) is 0 Å². The zero-order valence-corrected chi connectivity index (χ0v) is 13.1. The zero-order valence-electron chi connectivity index (χ0n) is 13.1. The van der Waals surface area contributed by atoms with Gasteiger partial charge in [0.25, 0.3) is 5.91 Å². The van der Waals surface area contributed by atoms with Gasteiger partial charge in [0, 0.05) is 5.56 Å². The number of rotatable bonds is 4. The van der Waals surface area contributed by atoms with E-state index in [0.29, 0.717) is 5.56 Å². The second kappa shape index (κ2) is 6.93. The van der Waals surface area contributed by atoms with E-state index in [-0.39, 0.29) is 11.9 Å². The van der Waals surface area contributed by atoms with Gasteiger partial charge in [0.15, 0.2) is 0 Å². The Bertz CT molecular complexity index is 781. The largest absolute Gasteiger partial charge is 0.341 e. The third kappa shape index (κ3) is 3.67. The molecule has 114 valence electrons. The van der Waals surface area contributed by atoms with Gasteiger partial charge in [-0.3, -0.25) is 4.79 Å². The summed E-state index contributed by atoms with van der Waals surface area (Å²) < 4.78 is 0. The number of carbonyl (C=O) groups excluding carboxylic acids is 1. The third-order valence-electron chi connectivity index (χ3n) is 3.82. The first kappa shape index (κ1) is 15.0. The normalized spacial score (nSPS) is 11.7. The summed E-state index contributed by atoms with van der Waals surface area (Å²) in [5, 5.41) is 3.15. The summed E-state index contributed by atoms with van der Waals surface area (Å²) in [5.41, 5.74) is 4.00. The third-order valence-corrected chi connectivity index (χ3v) is 3.82. The van der Waals surface area contributed by atoms with Crippen LogP contribution < -0.4 is 5.32 Å². The summed E-state index contributed by atoms with van der Waals surface area (Å²) in [4.78, 5) is 12.6. The maximum Gasteiger partial charge on any atom is 0.252 e. The molecule has 0 heterocycles. The summed E-state index contributed by atoms with van der Waals surface area (Å²) in [6.07, 6.45) is 0. The van der Waals surface area contributed by atoms with E-state index < -0.39 is 0 Å². The van der Waals surface area contributed by atoms with Gasteiger partial charge in [-0.05, 0) is 30.2 Å². The second-order valence-corrected chi connectivity index (χ2v) is 5.60. The predicted molar refractivity (Wildman–Crippen MR) is 93.4 cm³/mol. The fourth-order valence-electron chi connectivity index (χ4n) is 2.66. The van der Waals surface area contributed by atoms with E-state index >= 15 is 0 Å². The lowest BCUT2D eigenvalue weighted by Crippen LogP contribution is -2.29. The molecule has 1 N–H and O–H groups in total. The highest BCUT2D eigenvalue weighted by atomic mass is 16.1. The molecule has 0 spiro atoms. The Morgan fingerprint density at radius 2 is 1.39 bits per heavy atom.